The Hall–Kier alpha value is -2.87. The number of nitrogens with one attached hydrogen (secondary N) is 1. The van der Waals surface area contributed by atoms with Gasteiger partial charge in [0, 0.05) is 50.3 Å². The lowest BCUT2D eigenvalue weighted by Gasteiger charge is -2.41. The van der Waals surface area contributed by atoms with Gasteiger partial charge in [-0.3, -0.25) is 9.69 Å². The fraction of sp³-hybridized carbons (Fsp3) is 0.593. The predicted molar refractivity (Wildman–Crippen MR) is 133 cm³/mol. The Kier molecular flexibility index (Phi) is 6.82. The molecule has 0 aliphatic carbocycles. The zero-order chi connectivity index (χ0) is 24.5. The zero-order valence-electron chi connectivity index (χ0n) is 21.1. The monoisotopic (exact) mass is 479 g/mol. The topological polar surface area (TPSA) is 79.7 Å². The number of carbonyl (C=O) groups is 2. The highest BCUT2D eigenvalue weighted by molar-refractivity contribution is 5.73. The van der Waals surface area contributed by atoms with Gasteiger partial charge in [-0.2, -0.15) is 0 Å². The van der Waals surface area contributed by atoms with E-state index < -0.39 is 0 Å². The number of piperidine rings is 1. The summed E-state index contributed by atoms with van der Waals surface area (Å²) in [6.07, 6.45) is 6.23. The van der Waals surface area contributed by atoms with Crippen molar-refractivity contribution in [3.8, 4) is 0 Å². The number of carbonyl (C=O) groups excluding carboxylic acids is 2. The molecule has 2 saturated heterocycles. The third-order valence-electron chi connectivity index (χ3n) is 8.14. The normalized spacial score (nSPS) is 24.7. The number of methoxy groups -OCH3 is 1. The van der Waals surface area contributed by atoms with E-state index in [-0.39, 0.29) is 18.0 Å². The first-order valence-electron chi connectivity index (χ1n) is 12.9. The van der Waals surface area contributed by atoms with Crippen molar-refractivity contribution in [1.29, 1.82) is 0 Å². The number of fused-ring (bicyclic) bond motifs is 3. The van der Waals surface area contributed by atoms with Gasteiger partial charge in [-0.25, -0.2) is 9.78 Å². The molecule has 1 aromatic heterocycles. The summed E-state index contributed by atoms with van der Waals surface area (Å²) in [5.41, 5.74) is 3.50. The van der Waals surface area contributed by atoms with Crippen molar-refractivity contribution >= 4 is 12.0 Å². The van der Waals surface area contributed by atoms with E-state index in [0.717, 1.165) is 43.7 Å². The van der Waals surface area contributed by atoms with Gasteiger partial charge in [0.15, 0.2) is 0 Å². The van der Waals surface area contributed by atoms with E-state index in [1.165, 1.54) is 31.2 Å². The molecule has 0 spiro atoms. The summed E-state index contributed by atoms with van der Waals surface area (Å²) in [5, 5.41) is 3.16. The quantitative estimate of drug-likeness (QED) is 0.683. The van der Waals surface area contributed by atoms with Crippen LogP contribution >= 0.6 is 0 Å². The first kappa shape index (κ1) is 23.9. The largest absolute Gasteiger partial charge is 0.453 e. The van der Waals surface area contributed by atoms with Gasteiger partial charge in [0.2, 0.25) is 5.91 Å². The molecular weight excluding hydrogens is 442 g/mol. The van der Waals surface area contributed by atoms with Crippen LogP contribution < -0.4 is 5.32 Å². The van der Waals surface area contributed by atoms with Crippen LogP contribution in [0.3, 0.4) is 0 Å². The van der Waals surface area contributed by atoms with Crippen molar-refractivity contribution in [2.24, 2.45) is 0 Å². The number of ether oxygens (including phenoxy) is 1. The number of benzene rings is 1. The van der Waals surface area contributed by atoms with Crippen molar-refractivity contribution in [1.82, 2.24) is 24.7 Å². The first-order chi connectivity index (χ1) is 16.9. The Morgan fingerprint density at radius 2 is 1.86 bits per heavy atom. The number of hydrogen-bond donors (Lipinski definition) is 1. The van der Waals surface area contributed by atoms with Gasteiger partial charge in [0.05, 0.1) is 25.4 Å². The van der Waals surface area contributed by atoms with Crippen LogP contribution in [0.1, 0.15) is 73.9 Å². The minimum Gasteiger partial charge on any atom is -0.453 e. The Morgan fingerprint density at radius 3 is 2.51 bits per heavy atom. The number of nitrogens with zero attached hydrogens (tertiary/aromatic N) is 4. The molecule has 0 saturated carbocycles. The predicted octanol–water partition coefficient (Wildman–Crippen LogP) is 3.75. The molecule has 2 fully saturated rings. The average molecular weight is 480 g/mol. The molecule has 0 radical (unpaired) electrons. The van der Waals surface area contributed by atoms with Crippen LogP contribution in [0.2, 0.25) is 0 Å². The van der Waals surface area contributed by atoms with Crippen LogP contribution in [-0.2, 0) is 22.5 Å². The number of aryl methyl sites for hydroxylation is 1. The average Bonchev–Trinajstić information content (AvgIpc) is 3.31. The van der Waals surface area contributed by atoms with E-state index >= 15 is 0 Å². The second-order valence-corrected chi connectivity index (χ2v) is 10.3. The van der Waals surface area contributed by atoms with Crippen molar-refractivity contribution in [2.45, 2.75) is 83.1 Å². The molecular formula is C27H37N5O3. The molecule has 1 aromatic carbocycles. The van der Waals surface area contributed by atoms with Gasteiger partial charge >= 0.3 is 6.09 Å². The SMILES string of the molecule is COC(=O)N1CCc2c(nc(C)n2[C@H]2C[C@H]3CC[C@@H](C2)N3CC[C@H](NC(C)=O)c2ccccc2)C1. The summed E-state index contributed by atoms with van der Waals surface area (Å²) in [6, 6.07) is 12.0. The minimum absolute atomic E-state index is 0.0201. The summed E-state index contributed by atoms with van der Waals surface area (Å²) in [7, 11) is 1.43. The van der Waals surface area contributed by atoms with Crippen LogP contribution in [0.4, 0.5) is 4.79 Å². The molecule has 0 unspecified atom stereocenters. The number of amides is 2. The van der Waals surface area contributed by atoms with Crippen LogP contribution in [-0.4, -0.2) is 63.6 Å². The highest BCUT2D eigenvalue weighted by Gasteiger charge is 2.42. The second-order valence-electron chi connectivity index (χ2n) is 10.3. The van der Waals surface area contributed by atoms with Crippen LogP contribution in [0.5, 0.6) is 0 Å². The molecule has 4 heterocycles. The van der Waals surface area contributed by atoms with Gasteiger partial charge in [0.1, 0.15) is 5.82 Å². The molecule has 4 atom stereocenters. The highest BCUT2D eigenvalue weighted by Crippen LogP contribution is 2.42. The Labute approximate surface area is 207 Å². The Balaban J connectivity index is 1.26. The number of rotatable bonds is 6. The molecule has 8 nitrogen and oxygen atoms in total. The molecule has 2 amide bonds. The molecule has 2 aromatic rings. The van der Waals surface area contributed by atoms with Crippen molar-refractivity contribution < 1.29 is 14.3 Å². The van der Waals surface area contributed by atoms with Gasteiger partial charge in [-0.1, -0.05) is 30.3 Å². The number of hydrogen-bond acceptors (Lipinski definition) is 5. The van der Waals surface area contributed by atoms with E-state index in [1.54, 1.807) is 11.8 Å². The summed E-state index contributed by atoms with van der Waals surface area (Å²) in [4.78, 5) is 33.2. The summed E-state index contributed by atoms with van der Waals surface area (Å²) in [6.45, 7) is 5.92. The van der Waals surface area contributed by atoms with Crippen molar-refractivity contribution in [3.63, 3.8) is 0 Å². The maximum Gasteiger partial charge on any atom is 0.409 e. The van der Waals surface area contributed by atoms with Crippen LogP contribution in [0.25, 0.3) is 0 Å². The lowest BCUT2D eigenvalue weighted by Crippen LogP contribution is -2.45. The third kappa shape index (κ3) is 4.81. The molecule has 188 valence electrons. The molecule has 8 heteroatoms. The Morgan fingerprint density at radius 1 is 1.14 bits per heavy atom. The maximum atomic E-state index is 12.0. The lowest BCUT2D eigenvalue weighted by molar-refractivity contribution is -0.119. The molecule has 3 aliphatic heterocycles. The number of imidazole rings is 1. The second kappa shape index (κ2) is 10.0. The van der Waals surface area contributed by atoms with Crippen LogP contribution in [0.15, 0.2) is 30.3 Å². The molecule has 2 bridgehead atoms. The molecule has 1 N–H and O–H groups in total. The molecule has 3 aliphatic rings. The minimum atomic E-state index is -0.276. The zero-order valence-corrected chi connectivity index (χ0v) is 21.1. The van der Waals surface area contributed by atoms with Gasteiger partial charge < -0.3 is 19.5 Å². The Bertz CT molecular complexity index is 1050. The standard InChI is InChI=1S/C27H37N5O3/c1-18-28-25-17-30(27(34)35-3)13-12-26(25)32(18)23-15-21-9-10-22(16-23)31(21)14-11-24(29-19(2)33)20-7-5-4-6-8-20/h4-8,21-24H,9-17H2,1-3H3,(H,29,33)/t21-,22+,23+,24-/m0/s1. The van der Waals surface area contributed by atoms with Gasteiger partial charge in [-0.05, 0) is 44.6 Å². The summed E-state index contributed by atoms with van der Waals surface area (Å²) in [5.74, 6) is 1.08. The summed E-state index contributed by atoms with van der Waals surface area (Å²) < 4.78 is 7.40. The van der Waals surface area contributed by atoms with E-state index in [0.29, 0.717) is 31.2 Å². The molecule has 5 rings (SSSR count). The lowest BCUT2D eigenvalue weighted by atomic mass is 9.95. The van der Waals surface area contributed by atoms with E-state index in [2.05, 4.69) is 33.8 Å². The van der Waals surface area contributed by atoms with Crippen molar-refractivity contribution in [2.75, 3.05) is 20.2 Å². The third-order valence-corrected chi connectivity index (χ3v) is 8.14. The fourth-order valence-electron chi connectivity index (χ4n) is 6.66. The van der Waals surface area contributed by atoms with Crippen molar-refractivity contribution in [3.05, 3.63) is 53.1 Å². The van der Waals surface area contributed by atoms with Gasteiger partial charge in [-0.15, -0.1) is 0 Å². The smallest absolute Gasteiger partial charge is 0.409 e. The maximum absolute atomic E-state index is 12.0. The number of aromatic nitrogens is 2. The van der Waals surface area contributed by atoms with E-state index in [1.807, 2.05) is 18.2 Å². The van der Waals surface area contributed by atoms with E-state index in [9.17, 15) is 9.59 Å². The fourth-order valence-corrected chi connectivity index (χ4v) is 6.66. The van der Waals surface area contributed by atoms with Crippen LogP contribution in [0, 0.1) is 6.92 Å². The summed E-state index contributed by atoms with van der Waals surface area (Å²) >= 11 is 0. The van der Waals surface area contributed by atoms with E-state index in [4.69, 9.17) is 9.72 Å². The first-order valence-corrected chi connectivity index (χ1v) is 12.9. The van der Waals surface area contributed by atoms with Gasteiger partial charge in [0.25, 0.3) is 0 Å². The molecule has 35 heavy (non-hydrogen) atoms. The highest BCUT2D eigenvalue weighted by atomic mass is 16.5.